The van der Waals surface area contributed by atoms with Gasteiger partial charge in [0.05, 0.1) is 18.2 Å². The molecule has 116 valence electrons. The Hall–Kier alpha value is -2.00. The van der Waals surface area contributed by atoms with Crippen molar-refractivity contribution in [1.82, 2.24) is 5.32 Å². The first-order valence-corrected chi connectivity index (χ1v) is 7.51. The topological polar surface area (TPSA) is 38.3 Å². The van der Waals surface area contributed by atoms with Gasteiger partial charge in [-0.15, -0.1) is 0 Å². The van der Waals surface area contributed by atoms with Crippen LogP contribution < -0.4 is 10.1 Å². The summed E-state index contributed by atoms with van der Waals surface area (Å²) in [7, 11) is 1.55. The fourth-order valence-electron chi connectivity index (χ4n) is 2.39. The van der Waals surface area contributed by atoms with Crippen molar-refractivity contribution in [3.63, 3.8) is 0 Å². The summed E-state index contributed by atoms with van der Waals surface area (Å²) in [6, 6.07) is 11.2. The van der Waals surface area contributed by atoms with Crippen molar-refractivity contribution < 1.29 is 9.53 Å². The number of carbonyl (C=O) groups is 1. The summed E-state index contributed by atoms with van der Waals surface area (Å²) in [6.45, 7) is 6.06. The summed E-state index contributed by atoms with van der Waals surface area (Å²) in [4.78, 5) is 12.4. The number of halogens is 1. The summed E-state index contributed by atoms with van der Waals surface area (Å²) in [5.41, 5.74) is 3.97. The van der Waals surface area contributed by atoms with Crippen molar-refractivity contribution in [2.45, 2.75) is 26.8 Å². The van der Waals surface area contributed by atoms with E-state index in [1.807, 2.05) is 20.8 Å². The van der Waals surface area contributed by atoms with E-state index < -0.39 is 0 Å². The third-order valence-corrected chi connectivity index (χ3v) is 3.96. The van der Waals surface area contributed by atoms with Crippen molar-refractivity contribution in [1.29, 1.82) is 0 Å². The molecule has 0 radical (unpaired) electrons. The molecule has 1 amide bonds. The number of methoxy groups -OCH3 is 1. The number of nitrogens with one attached hydrogen (secondary N) is 1. The molecule has 2 aromatic rings. The number of amides is 1. The molecular formula is C18H20ClNO2. The number of benzene rings is 2. The lowest BCUT2D eigenvalue weighted by Crippen LogP contribution is -2.27. The minimum atomic E-state index is -0.155. The molecule has 0 heterocycles. The Labute approximate surface area is 136 Å². The van der Waals surface area contributed by atoms with Crippen LogP contribution in [0.4, 0.5) is 0 Å². The molecule has 3 nitrogen and oxygen atoms in total. The van der Waals surface area contributed by atoms with Crippen molar-refractivity contribution in [2.24, 2.45) is 0 Å². The largest absolute Gasteiger partial charge is 0.495 e. The van der Waals surface area contributed by atoms with E-state index in [1.165, 1.54) is 5.56 Å². The first kappa shape index (κ1) is 16.4. The predicted octanol–water partition coefficient (Wildman–Crippen LogP) is 4.46. The first-order chi connectivity index (χ1) is 10.4. The highest BCUT2D eigenvalue weighted by atomic mass is 35.5. The molecule has 2 rings (SSSR count). The molecule has 0 unspecified atom stereocenters. The van der Waals surface area contributed by atoms with E-state index in [1.54, 1.807) is 25.3 Å². The lowest BCUT2D eigenvalue weighted by Gasteiger charge is -2.17. The Bertz CT molecular complexity index is 697. The monoisotopic (exact) mass is 317 g/mol. The second-order valence-electron chi connectivity index (χ2n) is 5.40. The molecular weight excluding hydrogens is 298 g/mol. The van der Waals surface area contributed by atoms with Gasteiger partial charge in [0, 0.05) is 5.56 Å². The van der Waals surface area contributed by atoms with Crippen LogP contribution in [0, 0.1) is 13.8 Å². The Morgan fingerprint density at radius 2 is 1.91 bits per heavy atom. The molecule has 0 aliphatic carbocycles. The van der Waals surface area contributed by atoms with E-state index in [9.17, 15) is 4.79 Å². The molecule has 4 heteroatoms. The van der Waals surface area contributed by atoms with Gasteiger partial charge < -0.3 is 10.1 Å². The Balaban J connectivity index is 2.17. The van der Waals surface area contributed by atoms with Gasteiger partial charge in [0.2, 0.25) is 0 Å². The van der Waals surface area contributed by atoms with Crippen LogP contribution in [-0.4, -0.2) is 13.0 Å². The molecule has 0 aliphatic heterocycles. The quantitative estimate of drug-likeness (QED) is 0.904. The number of carbonyl (C=O) groups excluding carboxylic acids is 1. The molecule has 22 heavy (non-hydrogen) atoms. The number of hydrogen-bond donors (Lipinski definition) is 1. The average Bonchev–Trinajstić information content (AvgIpc) is 2.49. The van der Waals surface area contributed by atoms with Crippen molar-refractivity contribution in [3.8, 4) is 5.75 Å². The zero-order valence-corrected chi connectivity index (χ0v) is 14.0. The lowest BCUT2D eigenvalue weighted by molar-refractivity contribution is 0.0940. The van der Waals surface area contributed by atoms with E-state index in [-0.39, 0.29) is 11.9 Å². The highest BCUT2D eigenvalue weighted by Crippen LogP contribution is 2.25. The molecule has 1 N–H and O–H groups in total. The summed E-state index contributed by atoms with van der Waals surface area (Å²) in [5.74, 6) is 0.402. The van der Waals surface area contributed by atoms with Gasteiger partial charge in [-0.25, -0.2) is 0 Å². The number of hydrogen-bond acceptors (Lipinski definition) is 2. The van der Waals surface area contributed by atoms with Crippen LogP contribution in [0.2, 0.25) is 5.02 Å². The SMILES string of the molecule is COc1ccc(C(=O)N[C@@H](C)c2cc(C)ccc2C)cc1Cl. The summed E-state index contributed by atoms with van der Waals surface area (Å²) >= 11 is 6.07. The maximum atomic E-state index is 12.4. The third kappa shape index (κ3) is 3.60. The maximum Gasteiger partial charge on any atom is 0.251 e. The summed E-state index contributed by atoms with van der Waals surface area (Å²) < 4.78 is 5.10. The lowest BCUT2D eigenvalue weighted by atomic mass is 9.99. The zero-order valence-electron chi connectivity index (χ0n) is 13.2. The fourth-order valence-corrected chi connectivity index (χ4v) is 2.65. The van der Waals surface area contributed by atoms with Crippen LogP contribution in [0.3, 0.4) is 0 Å². The molecule has 0 bridgehead atoms. The Morgan fingerprint density at radius 1 is 1.18 bits per heavy atom. The highest BCUT2D eigenvalue weighted by Gasteiger charge is 2.14. The second kappa shape index (κ2) is 6.84. The van der Waals surface area contributed by atoms with Gasteiger partial charge >= 0.3 is 0 Å². The van der Waals surface area contributed by atoms with E-state index in [0.29, 0.717) is 16.3 Å². The summed E-state index contributed by atoms with van der Waals surface area (Å²) in [6.07, 6.45) is 0. The number of ether oxygens (including phenoxy) is 1. The van der Waals surface area contributed by atoms with Gasteiger partial charge in [-0.05, 0) is 50.1 Å². The third-order valence-electron chi connectivity index (χ3n) is 3.66. The molecule has 0 fully saturated rings. The minimum Gasteiger partial charge on any atom is -0.495 e. The predicted molar refractivity (Wildman–Crippen MR) is 89.8 cm³/mol. The highest BCUT2D eigenvalue weighted by molar-refractivity contribution is 6.32. The van der Waals surface area contributed by atoms with Gasteiger partial charge in [0.25, 0.3) is 5.91 Å². The van der Waals surface area contributed by atoms with E-state index in [0.717, 1.165) is 11.1 Å². The molecule has 2 aromatic carbocycles. The van der Waals surface area contributed by atoms with Crippen molar-refractivity contribution in [3.05, 3.63) is 63.7 Å². The van der Waals surface area contributed by atoms with Crippen molar-refractivity contribution in [2.75, 3.05) is 7.11 Å². The number of aryl methyl sites for hydroxylation is 2. The summed E-state index contributed by atoms with van der Waals surface area (Å²) in [5, 5.41) is 3.43. The molecule has 0 saturated carbocycles. The van der Waals surface area contributed by atoms with E-state index in [2.05, 4.69) is 23.5 Å². The molecule has 0 spiro atoms. The van der Waals surface area contributed by atoms with E-state index in [4.69, 9.17) is 16.3 Å². The second-order valence-corrected chi connectivity index (χ2v) is 5.81. The molecule has 0 aliphatic rings. The maximum absolute atomic E-state index is 12.4. The van der Waals surface area contributed by atoms with Gasteiger partial charge in [-0.1, -0.05) is 35.4 Å². The Morgan fingerprint density at radius 3 is 2.55 bits per heavy atom. The van der Waals surface area contributed by atoms with Crippen LogP contribution >= 0.6 is 11.6 Å². The van der Waals surface area contributed by atoms with Gasteiger partial charge in [0.15, 0.2) is 0 Å². The molecule has 1 atom stereocenters. The minimum absolute atomic E-state index is 0.0757. The average molecular weight is 318 g/mol. The zero-order chi connectivity index (χ0) is 16.3. The van der Waals surface area contributed by atoms with Crippen LogP contribution in [-0.2, 0) is 0 Å². The first-order valence-electron chi connectivity index (χ1n) is 7.14. The molecule has 0 saturated heterocycles. The van der Waals surface area contributed by atoms with Gasteiger partial charge in [-0.3, -0.25) is 4.79 Å². The fraction of sp³-hybridized carbons (Fsp3) is 0.278. The normalized spacial score (nSPS) is 11.9. The van der Waals surface area contributed by atoms with E-state index >= 15 is 0 Å². The van der Waals surface area contributed by atoms with Crippen molar-refractivity contribution >= 4 is 17.5 Å². The standard InChI is InChI=1S/C18H20ClNO2/c1-11-5-6-12(2)15(9-11)13(3)20-18(21)14-7-8-17(22-4)16(19)10-14/h5-10,13H,1-4H3,(H,20,21)/t13-/m0/s1. The number of rotatable bonds is 4. The molecule has 0 aromatic heterocycles. The van der Waals surface area contributed by atoms with Gasteiger partial charge in [0.1, 0.15) is 5.75 Å². The van der Waals surface area contributed by atoms with Gasteiger partial charge in [-0.2, -0.15) is 0 Å². The van der Waals surface area contributed by atoms with Crippen LogP contribution in [0.5, 0.6) is 5.75 Å². The van der Waals surface area contributed by atoms with Crippen LogP contribution in [0.1, 0.15) is 40.0 Å². The smallest absolute Gasteiger partial charge is 0.251 e. The van der Waals surface area contributed by atoms with Crippen LogP contribution in [0.15, 0.2) is 36.4 Å². The van der Waals surface area contributed by atoms with Crippen LogP contribution in [0.25, 0.3) is 0 Å². The Kier molecular flexibility index (Phi) is 5.09.